The van der Waals surface area contributed by atoms with Crippen LogP contribution in [0.3, 0.4) is 0 Å². The first-order valence-corrected chi connectivity index (χ1v) is 8.97. The predicted molar refractivity (Wildman–Crippen MR) is 103 cm³/mol. The van der Waals surface area contributed by atoms with Crippen molar-refractivity contribution in [2.24, 2.45) is 0 Å². The molecule has 0 bridgehead atoms. The highest BCUT2D eigenvalue weighted by atomic mass is 19.1. The van der Waals surface area contributed by atoms with Crippen LogP contribution in [0.2, 0.25) is 0 Å². The van der Waals surface area contributed by atoms with E-state index in [0.29, 0.717) is 48.3 Å². The minimum atomic E-state index is -0.513. The van der Waals surface area contributed by atoms with E-state index in [1.807, 2.05) is 11.8 Å². The molecule has 1 unspecified atom stereocenters. The lowest BCUT2D eigenvalue weighted by molar-refractivity contribution is 0.0725. The molecule has 2 heterocycles. The maximum absolute atomic E-state index is 13.4. The molecule has 0 saturated carbocycles. The van der Waals surface area contributed by atoms with Crippen LogP contribution in [0.4, 0.5) is 10.2 Å². The fraction of sp³-hybridized carbons (Fsp3) is 0.400. The molecule has 1 aliphatic heterocycles. The number of carbonyl (C=O) groups is 1. The molecule has 0 aliphatic carbocycles. The van der Waals surface area contributed by atoms with E-state index in [0.717, 1.165) is 0 Å². The summed E-state index contributed by atoms with van der Waals surface area (Å²) in [5.74, 6) is 1.24. The number of anilines is 1. The Hall–Kier alpha value is -3.03. The fourth-order valence-electron chi connectivity index (χ4n) is 3.43. The summed E-state index contributed by atoms with van der Waals surface area (Å²) in [6, 6.07) is 8.02. The van der Waals surface area contributed by atoms with Gasteiger partial charge in [-0.05, 0) is 31.2 Å². The number of pyridine rings is 1. The summed E-state index contributed by atoms with van der Waals surface area (Å²) in [6.45, 7) is 3.54. The number of benzene rings is 1. The van der Waals surface area contributed by atoms with Gasteiger partial charge in [0.2, 0.25) is 11.7 Å². The average Bonchev–Trinajstić information content (AvgIpc) is 2.71. The van der Waals surface area contributed by atoms with Crippen LogP contribution >= 0.6 is 0 Å². The number of nitrogens with zero attached hydrogens (tertiary/aromatic N) is 3. The molecule has 2 aromatic rings. The molecule has 1 aromatic heterocycles. The summed E-state index contributed by atoms with van der Waals surface area (Å²) in [7, 11) is 4.54. The first-order valence-electron chi connectivity index (χ1n) is 8.97. The smallest absolute Gasteiger partial charge is 0.254 e. The second kappa shape index (κ2) is 8.33. The Kier molecular flexibility index (Phi) is 5.87. The number of methoxy groups -OCH3 is 3. The van der Waals surface area contributed by atoms with Crippen molar-refractivity contribution in [3.8, 4) is 17.2 Å². The largest absolute Gasteiger partial charge is 0.493 e. The van der Waals surface area contributed by atoms with Gasteiger partial charge in [-0.3, -0.25) is 4.79 Å². The number of hydrogen-bond donors (Lipinski definition) is 0. The molecular formula is C20H24FN3O4. The standard InChI is InChI=1S/C20H24FN3O4/c1-13-12-23(8-9-24(13)18-7-5-6-17(21)22-18)20(25)14-10-15(26-2)19(28-4)16(11-14)27-3/h5-7,10-11,13H,8-9,12H2,1-4H3. The normalized spacial score (nSPS) is 16.7. The second-order valence-electron chi connectivity index (χ2n) is 6.53. The molecular weight excluding hydrogens is 365 g/mol. The van der Waals surface area contributed by atoms with E-state index in [9.17, 15) is 9.18 Å². The van der Waals surface area contributed by atoms with E-state index in [1.54, 1.807) is 29.2 Å². The topological polar surface area (TPSA) is 64.1 Å². The zero-order chi connectivity index (χ0) is 20.3. The summed E-state index contributed by atoms with van der Waals surface area (Å²) >= 11 is 0. The summed E-state index contributed by atoms with van der Waals surface area (Å²) < 4.78 is 29.4. The maximum atomic E-state index is 13.4. The fourth-order valence-corrected chi connectivity index (χ4v) is 3.43. The molecule has 1 amide bonds. The number of aromatic nitrogens is 1. The Morgan fingerprint density at radius 3 is 2.32 bits per heavy atom. The van der Waals surface area contributed by atoms with Gasteiger partial charge < -0.3 is 24.0 Å². The number of rotatable bonds is 5. The third-order valence-corrected chi connectivity index (χ3v) is 4.82. The molecule has 1 fully saturated rings. The Morgan fingerprint density at radius 1 is 1.11 bits per heavy atom. The minimum absolute atomic E-state index is 0.00552. The Labute approximate surface area is 163 Å². The molecule has 1 aromatic carbocycles. The van der Waals surface area contributed by atoms with Gasteiger partial charge in [0.1, 0.15) is 5.82 Å². The summed E-state index contributed by atoms with van der Waals surface area (Å²) in [5, 5.41) is 0. The third-order valence-electron chi connectivity index (χ3n) is 4.82. The van der Waals surface area contributed by atoms with Crippen LogP contribution in [0.15, 0.2) is 30.3 Å². The molecule has 0 radical (unpaired) electrons. The zero-order valence-corrected chi connectivity index (χ0v) is 16.4. The molecule has 1 aliphatic rings. The van der Waals surface area contributed by atoms with Crippen LogP contribution in [-0.4, -0.2) is 62.8 Å². The van der Waals surface area contributed by atoms with Gasteiger partial charge in [0.05, 0.1) is 21.3 Å². The summed E-state index contributed by atoms with van der Waals surface area (Å²) in [6.07, 6.45) is 0. The van der Waals surface area contributed by atoms with Crippen molar-refractivity contribution < 1.29 is 23.4 Å². The number of hydrogen-bond acceptors (Lipinski definition) is 6. The average molecular weight is 389 g/mol. The van der Waals surface area contributed by atoms with E-state index >= 15 is 0 Å². The lowest BCUT2D eigenvalue weighted by Crippen LogP contribution is -2.54. The van der Waals surface area contributed by atoms with Crippen LogP contribution in [0.1, 0.15) is 17.3 Å². The van der Waals surface area contributed by atoms with Gasteiger partial charge in [-0.2, -0.15) is 4.39 Å². The van der Waals surface area contributed by atoms with Gasteiger partial charge in [0.15, 0.2) is 11.5 Å². The molecule has 1 saturated heterocycles. The maximum Gasteiger partial charge on any atom is 0.254 e. The Balaban J connectivity index is 1.79. The Bertz CT molecular complexity index is 836. The van der Waals surface area contributed by atoms with Gasteiger partial charge in [-0.15, -0.1) is 0 Å². The second-order valence-corrected chi connectivity index (χ2v) is 6.53. The van der Waals surface area contributed by atoms with E-state index < -0.39 is 5.95 Å². The van der Waals surface area contributed by atoms with Crippen LogP contribution in [-0.2, 0) is 0 Å². The van der Waals surface area contributed by atoms with E-state index in [-0.39, 0.29) is 11.9 Å². The first kappa shape index (κ1) is 19.7. The van der Waals surface area contributed by atoms with Gasteiger partial charge in [-0.25, -0.2) is 4.98 Å². The van der Waals surface area contributed by atoms with Crippen LogP contribution in [0, 0.1) is 5.95 Å². The van der Waals surface area contributed by atoms with Crippen molar-refractivity contribution >= 4 is 11.7 Å². The molecule has 1 atom stereocenters. The van der Waals surface area contributed by atoms with Crippen LogP contribution in [0.5, 0.6) is 17.2 Å². The number of halogens is 1. The first-order chi connectivity index (χ1) is 13.5. The van der Waals surface area contributed by atoms with Crippen molar-refractivity contribution in [2.75, 3.05) is 45.9 Å². The SMILES string of the molecule is COc1cc(C(=O)N2CCN(c3cccc(F)n3)C(C)C2)cc(OC)c1OC. The Morgan fingerprint density at radius 2 is 1.79 bits per heavy atom. The highest BCUT2D eigenvalue weighted by molar-refractivity contribution is 5.96. The summed E-state index contributed by atoms with van der Waals surface area (Å²) in [5.41, 5.74) is 0.457. The number of carbonyl (C=O) groups excluding carboxylic acids is 1. The lowest BCUT2D eigenvalue weighted by Gasteiger charge is -2.40. The molecule has 0 N–H and O–H groups in total. The van der Waals surface area contributed by atoms with Gasteiger partial charge in [0, 0.05) is 31.2 Å². The highest BCUT2D eigenvalue weighted by Gasteiger charge is 2.29. The molecule has 3 rings (SSSR count). The monoisotopic (exact) mass is 389 g/mol. The predicted octanol–water partition coefficient (Wildman–Crippen LogP) is 2.60. The van der Waals surface area contributed by atoms with Gasteiger partial charge in [0.25, 0.3) is 5.91 Å². The van der Waals surface area contributed by atoms with E-state index in [2.05, 4.69) is 4.98 Å². The summed E-state index contributed by atoms with van der Waals surface area (Å²) in [4.78, 5) is 20.8. The lowest BCUT2D eigenvalue weighted by atomic mass is 10.1. The molecule has 0 spiro atoms. The third kappa shape index (κ3) is 3.81. The highest BCUT2D eigenvalue weighted by Crippen LogP contribution is 2.38. The molecule has 150 valence electrons. The van der Waals surface area contributed by atoms with Crippen LogP contribution < -0.4 is 19.1 Å². The van der Waals surface area contributed by atoms with Crippen molar-refractivity contribution in [2.45, 2.75) is 13.0 Å². The molecule has 8 heteroatoms. The number of ether oxygens (including phenoxy) is 3. The van der Waals surface area contributed by atoms with E-state index in [1.165, 1.54) is 27.4 Å². The zero-order valence-electron chi connectivity index (χ0n) is 16.4. The minimum Gasteiger partial charge on any atom is -0.493 e. The van der Waals surface area contributed by atoms with Gasteiger partial charge >= 0.3 is 0 Å². The van der Waals surface area contributed by atoms with Crippen LogP contribution in [0.25, 0.3) is 0 Å². The molecule has 28 heavy (non-hydrogen) atoms. The quantitative estimate of drug-likeness (QED) is 0.733. The van der Waals surface area contributed by atoms with Gasteiger partial charge in [-0.1, -0.05) is 6.07 Å². The number of piperazine rings is 1. The van der Waals surface area contributed by atoms with Crippen molar-refractivity contribution in [3.05, 3.63) is 41.8 Å². The van der Waals surface area contributed by atoms with Crippen molar-refractivity contribution in [1.82, 2.24) is 9.88 Å². The number of amides is 1. The van der Waals surface area contributed by atoms with Crippen molar-refractivity contribution in [1.29, 1.82) is 0 Å². The van der Waals surface area contributed by atoms with Crippen molar-refractivity contribution in [3.63, 3.8) is 0 Å². The molecule has 7 nitrogen and oxygen atoms in total. The van der Waals surface area contributed by atoms with E-state index in [4.69, 9.17) is 14.2 Å².